The largest absolute Gasteiger partial charge is 0.504 e. The number of fused-ring (bicyclic) bond motifs is 2. The minimum Gasteiger partial charge on any atom is -0.504 e. The Balaban J connectivity index is 1.96. The van der Waals surface area contributed by atoms with Gasteiger partial charge >= 0.3 is 0 Å². The zero-order valence-electron chi connectivity index (χ0n) is 10.2. The second kappa shape index (κ2) is 3.91. The maximum absolute atomic E-state index is 9.57. The Hall–Kier alpha value is -1.22. The van der Waals surface area contributed by atoms with Gasteiger partial charge in [0.25, 0.3) is 0 Å². The molecule has 0 bridgehead atoms. The van der Waals surface area contributed by atoms with Crippen LogP contribution in [0.25, 0.3) is 0 Å². The van der Waals surface area contributed by atoms with Crippen LogP contribution in [-0.4, -0.2) is 34.7 Å². The van der Waals surface area contributed by atoms with Gasteiger partial charge < -0.3 is 15.1 Å². The summed E-state index contributed by atoms with van der Waals surface area (Å²) in [7, 11) is 2.20. The molecular weight excluding hydrogens is 214 g/mol. The third-order valence-electron chi connectivity index (χ3n) is 4.40. The smallest absolute Gasteiger partial charge is 0.157 e. The maximum Gasteiger partial charge on any atom is 0.157 e. The summed E-state index contributed by atoms with van der Waals surface area (Å²) in [6.07, 6.45) is 4.61. The van der Waals surface area contributed by atoms with Crippen LogP contribution in [0.3, 0.4) is 0 Å². The van der Waals surface area contributed by atoms with Crippen molar-refractivity contribution < 1.29 is 10.2 Å². The number of benzene rings is 1. The number of hydrogen-bond donors (Lipinski definition) is 2. The molecular formula is C14H19NO2. The molecule has 1 aliphatic carbocycles. The molecule has 2 atom stereocenters. The summed E-state index contributed by atoms with van der Waals surface area (Å²) in [6, 6.07) is 4.10. The first-order valence-corrected chi connectivity index (χ1v) is 6.39. The first-order chi connectivity index (χ1) is 8.15. The molecule has 0 radical (unpaired) electrons. The number of likely N-dealkylation sites (N-methyl/N-ethyl adjacent to an activating group) is 1. The number of hydrogen-bond acceptors (Lipinski definition) is 3. The van der Waals surface area contributed by atoms with Crippen molar-refractivity contribution in [2.75, 3.05) is 13.6 Å². The average Bonchev–Trinajstić information content (AvgIpc) is 2.29. The van der Waals surface area contributed by atoms with Crippen LogP contribution in [0.15, 0.2) is 12.1 Å². The number of nitrogens with zero attached hydrogens (tertiary/aromatic N) is 1. The van der Waals surface area contributed by atoms with Crippen LogP contribution in [0.4, 0.5) is 0 Å². The molecule has 1 heterocycles. The predicted molar refractivity (Wildman–Crippen MR) is 66.3 cm³/mol. The highest BCUT2D eigenvalue weighted by Gasteiger charge is 2.34. The topological polar surface area (TPSA) is 43.7 Å². The van der Waals surface area contributed by atoms with Crippen LogP contribution in [0.2, 0.25) is 0 Å². The number of likely N-dealkylation sites (tertiary alicyclic amines) is 1. The van der Waals surface area contributed by atoms with Crippen molar-refractivity contribution in [1.82, 2.24) is 4.90 Å². The van der Waals surface area contributed by atoms with Crippen LogP contribution in [0.5, 0.6) is 11.5 Å². The Morgan fingerprint density at radius 3 is 2.47 bits per heavy atom. The molecule has 3 heteroatoms. The molecule has 92 valence electrons. The molecule has 2 N–H and O–H groups in total. The van der Waals surface area contributed by atoms with Crippen molar-refractivity contribution in [3.05, 3.63) is 23.3 Å². The van der Waals surface area contributed by atoms with Crippen molar-refractivity contribution in [2.24, 2.45) is 5.92 Å². The van der Waals surface area contributed by atoms with Gasteiger partial charge in [0.1, 0.15) is 0 Å². The van der Waals surface area contributed by atoms with Gasteiger partial charge in [0.15, 0.2) is 11.5 Å². The van der Waals surface area contributed by atoms with Crippen LogP contribution < -0.4 is 0 Å². The SMILES string of the molecule is CN1CCCC2Cc3cc(O)c(O)cc3CC21. The monoisotopic (exact) mass is 233 g/mol. The van der Waals surface area contributed by atoms with E-state index in [1.165, 1.54) is 30.5 Å². The van der Waals surface area contributed by atoms with Gasteiger partial charge in [-0.1, -0.05) is 0 Å². The standard InChI is InChI=1S/C14H19NO2/c1-15-4-2-3-9-5-10-7-13(16)14(17)8-11(10)6-12(9)15/h7-9,12,16-17H,2-6H2,1H3. The molecule has 0 aromatic heterocycles. The van der Waals surface area contributed by atoms with Gasteiger partial charge in [-0.3, -0.25) is 0 Å². The number of phenols is 2. The van der Waals surface area contributed by atoms with Gasteiger partial charge in [0.05, 0.1) is 0 Å². The van der Waals surface area contributed by atoms with E-state index in [9.17, 15) is 10.2 Å². The average molecular weight is 233 g/mol. The fourth-order valence-electron chi connectivity index (χ4n) is 3.43. The molecule has 2 aliphatic rings. The summed E-state index contributed by atoms with van der Waals surface area (Å²) in [5.74, 6) is 0.747. The van der Waals surface area contributed by atoms with Crippen molar-refractivity contribution in [3.8, 4) is 11.5 Å². The first kappa shape index (κ1) is 10.9. The lowest BCUT2D eigenvalue weighted by Gasteiger charge is -2.43. The molecule has 0 saturated carbocycles. The fraction of sp³-hybridized carbons (Fsp3) is 0.571. The lowest BCUT2D eigenvalue weighted by atomic mass is 9.75. The van der Waals surface area contributed by atoms with Crippen molar-refractivity contribution in [1.29, 1.82) is 0 Å². The molecule has 3 nitrogen and oxygen atoms in total. The number of piperidine rings is 1. The minimum absolute atomic E-state index is 0.0145. The Kier molecular flexibility index (Phi) is 2.51. The first-order valence-electron chi connectivity index (χ1n) is 6.39. The highest BCUT2D eigenvalue weighted by atomic mass is 16.3. The van der Waals surface area contributed by atoms with Gasteiger partial charge in [-0.15, -0.1) is 0 Å². The quantitative estimate of drug-likeness (QED) is 0.673. The molecule has 1 saturated heterocycles. The maximum atomic E-state index is 9.57. The molecule has 2 unspecified atom stereocenters. The van der Waals surface area contributed by atoms with Crippen LogP contribution in [0, 0.1) is 5.92 Å². The van der Waals surface area contributed by atoms with E-state index < -0.39 is 0 Å². The summed E-state index contributed by atoms with van der Waals surface area (Å²) in [5.41, 5.74) is 2.42. The Labute approximate surface area is 102 Å². The highest BCUT2D eigenvalue weighted by molar-refractivity contribution is 5.47. The van der Waals surface area contributed by atoms with E-state index in [0.29, 0.717) is 12.0 Å². The normalized spacial score (nSPS) is 28.5. The summed E-state index contributed by atoms with van der Waals surface area (Å²) >= 11 is 0. The van der Waals surface area contributed by atoms with E-state index >= 15 is 0 Å². The van der Waals surface area contributed by atoms with Crippen molar-refractivity contribution >= 4 is 0 Å². The highest BCUT2D eigenvalue weighted by Crippen LogP contribution is 2.38. The number of aromatic hydroxyl groups is 2. The second-order valence-corrected chi connectivity index (χ2v) is 5.47. The van der Waals surface area contributed by atoms with E-state index in [-0.39, 0.29) is 11.5 Å². The molecule has 1 aromatic rings. The summed E-state index contributed by atoms with van der Waals surface area (Å²) in [4.78, 5) is 2.45. The molecule has 1 fully saturated rings. The van der Waals surface area contributed by atoms with Gasteiger partial charge in [0.2, 0.25) is 0 Å². The zero-order valence-corrected chi connectivity index (χ0v) is 10.2. The second-order valence-electron chi connectivity index (χ2n) is 5.47. The lowest BCUT2D eigenvalue weighted by molar-refractivity contribution is 0.112. The molecule has 17 heavy (non-hydrogen) atoms. The van der Waals surface area contributed by atoms with E-state index in [1.54, 1.807) is 12.1 Å². The van der Waals surface area contributed by atoms with Crippen LogP contribution >= 0.6 is 0 Å². The van der Waals surface area contributed by atoms with E-state index in [4.69, 9.17) is 0 Å². The third-order valence-corrected chi connectivity index (χ3v) is 4.40. The molecule has 1 aromatic carbocycles. The number of rotatable bonds is 0. The molecule has 1 aliphatic heterocycles. The predicted octanol–water partition coefficient (Wildman–Crippen LogP) is 1.91. The summed E-state index contributed by atoms with van der Waals surface area (Å²) in [6.45, 7) is 1.18. The third kappa shape index (κ3) is 1.78. The Morgan fingerprint density at radius 2 is 1.76 bits per heavy atom. The fourth-order valence-corrected chi connectivity index (χ4v) is 3.43. The van der Waals surface area contributed by atoms with Gasteiger partial charge in [-0.2, -0.15) is 0 Å². The summed E-state index contributed by atoms with van der Waals surface area (Å²) in [5, 5.41) is 19.1. The number of phenolic OH excluding ortho intramolecular Hbond substituents is 2. The van der Waals surface area contributed by atoms with Crippen LogP contribution in [0.1, 0.15) is 24.0 Å². The Bertz CT molecular complexity index is 444. The van der Waals surface area contributed by atoms with Gasteiger partial charge in [0, 0.05) is 6.04 Å². The molecule has 0 spiro atoms. The van der Waals surface area contributed by atoms with Gasteiger partial charge in [-0.05, 0) is 68.5 Å². The van der Waals surface area contributed by atoms with E-state index in [0.717, 1.165) is 12.8 Å². The molecule has 3 rings (SSSR count). The Morgan fingerprint density at radius 1 is 1.12 bits per heavy atom. The summed E-state index contributed by atoms with van der Waals surface area (Å²) < 4.78 is 0. The van der Waals surface area contributed by atoms with E-state index in [1.807, 2.05) is 0 Å². The minimum atomic E-state index is 0.0145. The van der Waals surface area contributed by atoms with E-state index in [2.05, 4.69) is 11.9 Å². The van der Waals surface area contributed by atoms with Crippen molar-refractivity contribution in [3.63, 3.8) is 0 Å². The van der Waals surface area contributed by atoms with Crippen LogP contribution in [-0.2, 0) is 12.8 Å². The lowest BCUT2D eigenvalue weighted by Crippen LogP contribution is -2.47. The van der Waals surface area contributed by atoms with Crippen molar-refractivity contribution in [2.45, 2.75) is 31.7 Å². The van der Waals surface area contributed by atoms with Gasteiger partial charge in [-0.25, -0.2) is 0 Å². The zero-order chi connectivity index (χ0) is 12.0. The molecule has 0 amide bonds.